The second kappa shape index (κ2) is 7.25. The fraction of sp³-hybridized carbons (Fsp3) is 0.263. The highest BCUT2D eigenvalue weighted by Crippen LogP contribution is 2.24. The number of hydrogen-bond donors (Lipinski definition) is 2. The van der Waals surface area contributed by atoms with Gasteiger partial charge in [-0.25, -0.2) is 4.79 Å². The summed E-state index contributed by atoms with van der Waals surface area (Å²) in [6.45, 7) is 2.86. The number of rotatable bonds is 4. The molecule has 0 saturated carbocycles. The average Bonchev–Trinajstić information content (AvgIpc) is 3.03. The van der Waals surface area contributed by atoms with Crippen molar-refractivity contribution >= 4 is 17.6 Å². The average molecular weight is 339 g/mol. The van der Waals surface area contributed by atoms with Gasteiger partial charge in [0.1, 0.15) is 11.5 Å². The first kappa shape index (κ1) is 16.8. The van der Waals surface area contributed by atoms with Crippen LogP contribution >= 0.6 is 0 Å². The maximum atomic E-state index is 12.2. The van der Waals surface area contributed by atoms with Gasteiger partial charge < -0.3 is 20.7 Å². The monoisotopic (exact) mass is 339 g/mol. The van der Waals surface area contributed by atoms with Crippen molar-refractivity contribution in [2.75, 3.05) is 11.9 Å². The lowest BCUT2D eigenvalue weighted by atomic mass is 10.2. The summed E-state index contributed by atoms with van der Waals surface area (Å²) in [6, 6.07) is 14.0. The third-order valence-electron chi connectivity index (χ3n) is 4.27. The molecule has 1 aliphatic heterocycles. The Hall–Kier alpha value is -3.02. The summed E-state index contributed by atoms with van der Waals surface area (Å²) >= 11 is 0. The van der Waals surface area contributed by atoms with Gasteiger partial charge in [-0.3, -0.25) is 4.79 Å². The Morgan fingerprint density at radius 2 is 1.92 bits per heavy atom. The van der Waals surface area contributed by atoms with Crippen molar-refractivity contribution in [2.45, 2.75) is 25.8 Å². The van der Waals surface area contributed by atoms with Crippen molar-refractivity contribution in [1.82, 2.24) is 4.90 Å². The van der Waals surface area contributed by atoms with E-state index in [1.54, 1.807) is 48.5 Å². The van der Waals surface area contributed by atoms with Crippen LogP contribution in [-0.2, 0) is 0 Å². The van der Waals surface area contributed by atoms with Crippen LogP contribution in [0.15, 0.2) is 48.5 Å². The Labute approximate surface area is 146 Å². The van der Waals surface area contributed by atoms with Crippen molar-refractivity contribution in [1.29, 1.82) is 0 Å². The second-order valence-electron chi connectivity index (χ2n) is 6.13. The third-order valence-corrected chi connectivity index (χ3v) is 4.27. The van der Waals surface area contributed by atoms with Crippen LogP contribution in [0.25, 0.3) is 0 Å². The van der Waals surface area contributed by atoms with E-state index in [-0.39, 0.29) is 12.1 Å². The van der Waals surface area contributed by atoms with E-state index in [1.807, 2.05) is 4.90 Å². The maximum absolute atomic E-state index is 12.2. The maximum Gasteiger partial charge on any atom is 0.322 e. The minimum absolute atomic E-state index is 0.0761. The van der Waals surface area contributed by atoms with E-state index in [4.69, 9.17) is 10.5 Å². The zero-order valence-corrected chi connectivity index (χ0v) is 14.1. The summed E-state index contributed by atoms with van der Waals surface area (Å²) in [5.74, 6) is 0.632. The van der Waals surface area contributed by atoms with E-state index in [0.29, 0.717) is 22.7 Å². The first-order chi connectivity index (χ1) is 12.0. The number of hydrogen-bond acceptors (Lipinski definition) is 3. The normalized spacial score (nSPS) is 16.5. The van der Waals surface area contributed by atoms with E-state index in [0.717, 1.165) is 19.4 Å². The number of anilines is 1. The van der Waals surface area contributed by atoms with Gasteiger partial charge in [0.25, 0.3) is 0 Å². The molecule has 0 radical (unpaired) electrons. The van der Waals surface area contributed by atoms with E-state index in [9.17, 15) is 9.59 Å². The van der Waals surface area contributed by atoms with Gasteiger partial charge in [-0.1, -0.05) is 6.07 Å². The van der Waals surface area contributed by atoms with E-state index < -0.39 is 5.91 Å². The van der Waals surface area contributed by atoms with Crippen LogP contribution < -0.4 is 15.8 Å². The summed E-state index contributed by atoms with van der Waals surface area (Å²) in [5, 5.41) is 2.90. The number of likely N-dealkylation sites (tertiary alicyclic amines) is 1. The molecular formula is C19H21N3O3. The number of carbonyl (C=O) groups excluding carboxylic acids is 2. The number of carbonyl (C=O) groups is 2. The Morgan fingerprint density at radius 3 is 2.56 bits per heavy atom. The molecule has 6 nitrogen and oxygen atoms in total. The lowest BCUT2D eigenvalue weighted by Gasteiger charge is -2.21. The fourth-order valence-electron chi connectivity index (χ4n) is 2.89. The highest BCUT2D eigenvalue weighted by molar-refractivity contribution is 5.93. The highest BCUT2D eigenvalue weighted by atomic mass is 16.5. The lowest BCUT2D eigenvalue weighted by molar-refractivity contribution is 0.1000. The largest absolute Gasteiger partial charge is 0.457 e. The first-order valence-electron chi connectivity index (χ1n) is 8.28. The van der Waals surface area contributed by atoms with Crippen molar-refractivity contribution in [3.63, 3.8) is 0 Å². The SMILES string of the molecule is CC1CCCN1C(=O)Nc1ccc(Oc2cccc(C(N)=O)c2)cc1. The molecule has 1 fully saturated rings. The number of amides is 3. The van der Waals surface area contributed by atoms with E-state index >= 15 is 0 Å². The fourth-order valence-corrected chi connectivity index (χ4v) is 2.89. The highest BCUT2D eigenvalue weighted by Gasteiger charge is 2.24. The van der Waals surface area contributed by atoms with Gasteiger partial charge in [-0.05, 0) is 62.2 Å². The number of nitrogens with zero attached hydrogens (tertiary/aromatic N) is 1. The molecule has 3 N–H and O–H groups in total. The van der Waals surface area contributed by atoms with Gasteiger partial charge >= 0.3 is 6.03 Å². The van der Waals surface area contributed by atoms with E-state index in [1.165, 1.54) is 0 Å². The van der Waals surface area contributed by atoms with E-state index in [2.05, 4.69) is 12.2 Å². The Bertz CT molecular complexity index is 774. The topological polar surface area (TPSA) is 84.7 Å². The minimum Gasteiger partial charge on any atom is -0.457 e. The van der Waals surface area contributed by atoms with Gasteiger partial charge in [0.15, 0.2) is 0 Å². The van der Waals surface area contributed by atoms with Gasteiger partial charge in [-0.2, -0.15) is 0 Å². The summed E-state index contributed by atoms with van der Waals surface area (Å²) in [6.07, 6.45) is 2.09. The first-order valence-corrected chi connectivity index (χ1v) is 8.28. The summed E-state index contributed by atoms with van der Waals surface area (Å²) in [5.41, 5.74) is 6.37. The van der Waals surface area contributed by atoms with Crippen LogP contribution in [0.3, 0.4) is 0 Å². The zero-order chi connectivity index (χ0) is 17.8. The van der Waals surface area contributed by atoms with Crippen molar-refractivity contribution in [3.05, 3.63) is 54.1 Å². The molecule has 1 unspecified atom stereocenters. The molecule has 1 aliphatic rings. The van der Waals surface area contributed by atoms with Crippen LogP contribution in [0, 0.1) is 0 Å². The molecule has 1 atom stereocenters. The standard InChI is InChI=1S/C19H21N3O3/c1-13-4-3-11-22(13)19(24)21-15-7-9-16(10-8-15)25-17-6-2-5-14(12-17)18(20)23/h2,5-10,12-13H,3-4,11H2,1H3,(H2,20,23)(H,21,24). The van der Waals surface area contributed by atoms with Crippen molar-refractivity contribution in [3.8, 4) is 11.5 Å². The van der Waals surface area contributed by atoms with Crippen LogP contribution in [0.1, 0.15) is 30.1 Å². The van der Waals surface area contributed by atoms with Crippen LogP contribution in [-0.4, -0.2) is 29.4 Å². The molecule has 3 rings (SSSR count). The molecule has 130 valence electrons. The van der Waals surface area contributed by atoms with Crippen LogP contribution in [0.2, 0.25) is 0 Å². The van der Waals surface area contributed by atoms with Gasteiger partial charge in [0.05, 0.1) is 0 Å². The molecular weight excluding hydrogens is 318 g/mol. The number of benzene rings is 2. The van der Waals surface area contributed by atoms with Gasteiger partial charge in [0.2, 0.25) is 5.91 Å². The van der Waals surface area contributed by atoms with Crippen molar-refractivity contribution < 1.29 is 14.3 Å². The lowest BCUT2D eigenvalue weighted by Crippen LogP contribution is -2.37. The number of urea groups is 1. The zero-order valence-electron chi connectivity index (χ0n) is 14.1. The molecule has 1 saturated heterocycles. The summed E-state index contributed by atoms with van der Waals surface area (Å²) in [7, 11) is 0. The molecule has 2 aromatic carbocycles. The van der Waals surface area contributed by atoms with Gasteiger partial charge in [0, 0.05) is 23.8 Å². The number of primary amides is 1. The molecule has 6 heteroatoms. The molecule has 0 bridgehead atoms. The molecule has 2 aromatic rings. The number of nitrogens with two attached hydrogens (primary N) is 1. The molecule has 25 heavy (non-hydrogen) atoms. The quantitative estimate of drug-likeness (QED) is 0.892. The van der Waals surface area contributed by atoms with Crippen LogP contribution in [0.4, 0.5) is 10.5 Å². The molecule has 0 spiro atoms. The molecule has 0 aromatic heterocycles. The molecule has 1 heterocycles. The predicted molar refractivity (Wildman–Crippen MR) is 95.9 cm³/mol. The summed E-state index contributed by atoms with van der Waals surface area (Å²) in [4.78, 5) is 25.3. The minimum atomic E-state index is -0.500. The Balaban J connectivity index is 1.63. The second-order valence-corrected chi connectivity index (χ2v) is 6.13. The smallest absolute Gasteiger partial charge is 0.322 e. The predicted octanol–water partition coefficient (Wildman–Crippen LogP) is 3.59. The van der Waals surface area contributed by atoms with Crippen molar-refractivity contribution in [2.24, 2.45) is 5.73 Å². The van der Waals surface area contributed by atoms with Gasteiger partial charge in [-0.15, -0.1) is 0 Å². The third kappa shape index (κ3) is 4.09. The number of nitrogens with one attached hydrogen (secondary N) is 1. The summed E-state index contributed by atoms with van der Waals surface area (Å²) < 4.78 is 5.72. The molecule has 3 amide bonds. The Kier molecular flexibility index (Phi) is 4.88. The number of ether oxygens (including phenoxy) is 1. The molecule has 0 aliphatic carbocycles. The van der Waals surface area contributed by atoms with Crippen LogP contribution in [0.5, 0.6) is 11.5 Å². The Morgan fingerprint density at radius 1 is 1.16 bits per heavy atom.